The molecule has 1 atom stereocenters. The first-order chi connectivity index (χ1) is 14.8. The minimum absolute atomic E-state index is 0.0266. The van der Waals surface area contributed by atoms with Crippen molar-refractivity contribution in [3.8, 4) is 5.75 Å². The second-order valence-corrected chi connectivity index (χ2v) is 10.6. The van der Waals surface area contributed by atoms with Crippen LogP contribution in [-0.4, -0.2) is 42.1 Å². The zero-order chi connectivity index (χ0) is 23.8. The van der Waals surface area contributed by atoms with Crippen molar-refractivity contribution < 1.29 is 27.5 Å². The fourth-order valence-corrected chi connectivity index (χ4v) is 5.67. The molecule has 2 amide bonds. The van der Waals surface area contributed by atoms with Gasteiger partial charge >= 0.3 is 5.97 Å². The first kappa shape index (κ1) is 23.9. The molecule has 0 aromatic heterocycles. The van der Waals surface area contributed by atoms with Gasteiger partial charge < -0.3 is 4.74 Å². The summed E-state index contributed by atoms with van der Waals surface area (Å²) in [7, 11) is -4.12. The van der Waals surface area contributed by atoms with E-state index in [2.05, 4.69) is 0 Å². The predicted molar refractivity (Wildman–Crippen MR) is 119 cm³/mol. The molecule has 1 aliphatic heterocycles. The lowest BCUT2D eigenvalue weighted by molar-refractivity contribution is -0.132. The zero-order valence-corrected chi connectivity index (χ0v) is 19.6. The summed E-state index contributed by atoms with van der Waals surface area (Å²) in [6.45, 7) is 6.24. The number of carbonyl (C=O) groups excluding carboxylic acids is 3. The second-order valence-electron chi connectivity index (χ2n) is 8.30. The van der Waals surface area contributed by atoms with Crippen LogP contribution in [0.1, 0.15) is 34.1 Å². The quantitative estimate of drug-likeness (QED) is 0.371. The maximum absolute atomic E-state index is 13.5. The topological polar surface area (TPSA) is 101 Å². The molecule has 170 valence electrons. The van der Waals surface area contributed by atoms with Crippen molar-refractivity contribution in [1.82, 2.24) is 4.31 Å². The van der Waals surface area contributed by atoms with Gasteiger partial charge in [0, 0.05) is 17.5 Å². The number of ether oxygens (including phenoxy) is 1. The normalized spacial score (nSPS) is 17.2. The maximum Gasteiger partial charge on any atom is 0.308 e. The molecule has 1 heterocycles. The first-order valence-corrected chi connectivity index (χ1v) is 11.6. The number of hydrogen-bond donors (Lipinski definition) is 0. The number of carbonyl (C=O) groups is 3. The van der Waals surface area contributed by atoms with Crippen LogP contribution >= 0.6 is 11.6 Å². The van der Waals surface area contributed by atoms with Gasteiger partial charge in [-0.05, 0) is 69.3 Å². The van der Waals surface area contributed by atoms with Crippen LogP contribution in [0.2, 0.25) is 5.02 Å². The molecule has 1 saturated heterocycles. The van der Waals surface area contributed by atoms with Crippen molar-refractivity contribution in [3.05, 3.63) is 53.6 Å². The van der Waals surface area contributed by atoms with Crippen LogP contribution in [-0.2, 0) is 24.4 Å². The van der Waals surface area contributed by atoms with Crippen LogP contribution in [0.15, 0.2) is 53.4 Å². The van der Waals surface area contributed by atoms with E-state index in [1.807, 2.05) is 0 Å². The Morgan fingerprint density at radius 2 is 1.62 bits per heavy atom. The highest BCUT2D eigenvalue weighted by Gasteiger charge is 2.50. The van der Waals surface area contributed by atoms with E-state index < -0.39 is 39.4 Å². The Morgan fingerprint density at radius 3 is 2.12 bits per heavy atom. The Balaban J connectivity index is 1.98. The van der Waals surface area contributed by atoms with Gasteiger partial charge in [-0.15, -0.1) is 0 Å². The monoisotopic (exact) mass is 478 g/mol. The Hall–Kier alpha value is -2.75. The maximum atomic E-state index is 13.5. The number of rotatable bonds is 5. The summed E-state index contributed by atoms with van der Waals surface area (Å²) in [5.41, 5.74) is -0.731. The molecular formula is C22H23ClN2O6S. The van der Waals surface area contributed by atoms with E-state index in [1.54, 1.807) is 20.8 Å². The fourth-order valence-electron chi connectivity index (χ4n) is 3.62. The van der Waals surface area contributed by atoms with E-state index in [0.717, 1.165) is 9.21 Å². The van der Waals surface area contributed by atoms with E-state index in [9.17, 15) is 22.8 Å². The highest BCUT2D eigenvalue weighted by Crippen LogP contribution is 2.34. The summed E-state index contributed by atoms with van der Waals surface area (Å²) in [5.74, 6) is -1.42. The van der Waals surface area contributed by atoms with Gasteiger partial charge in [-0.2, -0.15) is 4.31 Å². The molecular weight excluding hydrogens is 456 g/mol. The molecule has 32 heavy (non-hydrogen) atoms. The number of hydrogen-bond acceptors (Lipinski definition) is 6. The number of halogens is 1. The average Bonchev–Trinajstić information content (AvgIpc) is 2.95. The van der Waals surface area contributed by atoms with Crippen molar-refractivity contribution in [2.75, 3.05) is 4.90 Å². The van der Waals surface area contributed by atoms with Gasteiger partial charge in [-0.25, -0.2) is 13.3 Å². The van der Waals surface area contributed by atoms with Gasteiger partial charge in [0.25, 0.3) is 5.91 Å². The van der Waals surface area contributed by atoms with Gasteiger partial charge in [0.2, 0.25) is 15.9 Å². The summed E-state index contributed by atoms with van der Waals surface area (Å²) < 4.78 is 33.0. The molecule has 0 N–H and O–H groups in total. The van der Waals surface area contributed by atoms with Crippen LogP contribution in [0.4, 0.5) is 5.69 Å². The molecule has 0 radical (unpaired) electrons. The fraction of sp³-hybridized carbons (Fsp3) is 0.318. The van der Waals surface area contributed by atoms with E-state index in [-0.39, 0.29) is 22.8 Å². The minimum Gasteiger partial charge on any atom is -0.427 e. The van der Waals surface area contributed by atoms with Crippen LogP contribution in [0.3, 0.4) is 0 Å². The zero-order valence-electron chi connectivity index (χ0n) is 18.0. The number of nitrogens with zero attached hydrogens (tertiary/aromatic N) is 2. The summed E-state index contributed by atoms with van der Waals surface area (Å²) in [6.07, 6.45) is -0.297. The van der Waals surface area contributed by atoms with E-state index >= 15 is 0 Å². The largest absolute Gasteiger partial charge is 0.427 e. The van der Waals surface area contributed by atoms with Gasteiger partial charge in [0.1, 0.15) is 11.8 Å². The number of esters is 1. The third kappa shape index (κ3) is 4.69. The molecule has 1 unspecified atom stereocenters. The molecule has 0 spiro atoms. The van der Waals surface area contributed by atoms with Crippen molar-refractivity contribution >= 4 is 45.1 Å². The Labute approximate surface area is 191 Å². The summed E-state index contributed by atoms with van der Waals surface area (Å²) in [6, 6.07) is 10.3. The first-order valence-electron chi connectivity index (χ1n) is 9.78. The van der Waals surface area contributed by atoms with Crippen molar-refractivity contribution in [3.63, 3.8) is 0 Å². The molecule has 0 aliphatic carbocycles. The summed E-state index contributed by atoms with van der Waals surface area (Å²) >= 11 is 5.88. The molecule has 0 bridgehead atoms. The van der Waals surface area contributed by atoms with Gasteiger partial charge in [0.15, 0.2) is 0 Å². The van der Waals surface area contributed by atoms with E-state index in [4.69, 9.17) is 16.3 Å². The average molecular weight is 479 g/mol. The Morgan fingerprint density at radius 1 is 1.06 bits per heavy atom. The SMILES string of the molecule is CC(=O)Oc1ccc(N2C(=O)CC(N(C(C)(C)C)S(=O)(=O)c3ccc(Cl)cc3)C2=O)cc1. The molecule has 1 fully saturated rings. The van der Waals surface area contributed by atoms with Crippen LogP contribution in [0.25, 0.3) is 0 Å². The lowest BCUT2D eigenvalue weighted by Crippen LogP contribution is -2.54. The Kier molecular flexibility index (Phi) is 6.46. The van der Waals surface area contributed by atoms with Crippen LogP contribution < -0.4 is 9.64 Å². The molecule has 2 aromatic rings. The van der Waals surface area contributed by atoms with Gasteiger partial charge in [-0.1, -0.05) is 11.6 Å². The third-order valence-corrected chi connectivity index (χ3v) is 7.23. The molecule has 3 rings (SSSR count). The number of benzene rings is 2. The van der Waals surface area contributed by atoms with Gasteiger partial charge in [0.05, 0.1) is 17.0 Å². The summed E-state index contributed by atoms with van der Waals surface area (Å²) in [5, 5.41) is 0.377. The Bertz CT molecular complexity index is 1150. The highest BCUT2D eigenvalue weighted by atomic mass is 35.5. The molecule has 1 aliphatic rings. The minimum atomic E-state index is -4.12. The number of anilines is 1. The lowest BCUT2D eigenvalue weighted by atomic mass is 10.1. The molecule has 2 aromatic carbocycles. The van der Waals surface area contributed by atoms with Crippen molar-refractivity contribution in [2.45, 2.75) is 50.6 Å². The second kappa shape index (κ2) is 8.65. The molecule has 10 heteroatoms. The highest BCUT2D eigenvalue weighted by molar-refractivity contribution is 7.89. The van der Waals surface area contributed by atoms with Crippen molar-refractivity contribution in [2.24, 2.45) is 0 Å². The smallest absolute Gasteiger partial charge is 0.308 e. The van der Waals surface area contributed by atoms with Gasteiger partial charge in [-0.3, -0.25) is 14.4 Å². The van der Waals surface area contributed by atoms with Crippen LogP contribution in [0.5, 0.6) is 5.75 Å². The predicted octanol–water partition coefficient (Wildman–Crippen LogP) is 3.39. The van der Waals surface area contributed by atoms with E-state index in [1.165, 1.54) is 55.5 Å². The molecule has 8 nitrogen and oxygen atoms in total. The lowest BCUT2D eigenvalue weighted by Gasteiger charge is -2.37. The third-order valence-electron chi connectivity index (χ3n) is 4.79. The van der Waals surface area contributed by atoms with Crippen molar-refractivity contribution in [1.29, 1.82) is 0 Å². The standard InChI is InChI=1S/C22H23ClN2O6S/c1-14(26)31-17-9-7-16(8-10-17)24-20(27)13-19(21(24)28)25(22(2,3)4)32(29,30)18-11-5-15(23)6-12-18/h5-12,19H,13H2,1-4H3. The summed E-state index contributed by atoms with van der Waals surface area (Å²) in [4.78, 5) is 38.1. The molecule has 0 saturated carbocycles. The number of sulfonamides is 1. The number of imide groups is 1. The van der Waals surface area contributed by atoms with Crippen LogP contribution in [0, 0.1) is 0 Å². The van der Waals surface area contributed by atoms with E-state index in [0.29, 0.717) is 5.02 Å². The number of amides is 2.